The van der Waals surface area contributed by atoms with E-state index in [2.05, 4.69) is 5.16 Å². The number of hydrogen-bond donors (Lipinski definition) is 1. The molecule has 0 saturated carbocycles. The Labute approximate surface area is 70.2 Å². The fourth-order valence-electron chi connectivity index (χ4n) is 0.770. The molecule has 1 heterocycles. The van der Waals surface area contributed by atoms with Crippen molar-refractivity contribution in [2.24, 2.45) is 0 Å². The fraction of sp³-hybridized carbons (Fsp3) is 0.500. The molecule has 0 amide bonds. The van der Waals surface area contributed by atoms with Gasteiger partial charge in [-0.3, -0.25) is 4.79 Å². The van der Waals surface area contributed by atoms with Crippen LogP contribution < -0.4 is 0 Å². The van der Waals surface area contributed by atoms with Gasteiger partial charge in [0.15, 0.2) is 0 Å². The average Bonchev–Trinajstić information content (AvgIpc) is 2.35. The summed E-state index contributed by atoms with van der Waals surface area (Å²) in [4.78, 5) is 10.7. The zero-order valence-corrected chi connectivity index (χ0v) is 7.29. The van der Waals surface area contributed by atoms with Crippen LogP contribution in [0, 0.1) is 6.92 Å². The van der Waals surface area contributed by atoms with Gasteiger partial charge in [0.2, 0.25) is 0 Å². The first-order chi connectivity index (χ1) is 5.44. The van der Waals surface area contributed by atoms with E-state index >= 15 is 0 Å². The molecule has 4 heteroatoms. The van der Waals surface area contributed by atoms with Crippen molar-refractivity contribution in [3.8, 4) is 0 Å². The van der Waals surface area contributed by atoms with Gasteiger partial charge in [-0.05, 0) is 20.8 Å². The van der Waals surface area contributed by atoms with Crippen molar-refractivity contribution in [1.29, 1.82) is 0 Å². The maximum Gasteiger partial charge on any atom is 0.315 e. The normalized spacial score (nSPS) is 11.6. The highest BCUT2D eigenvalue weighted by Crippen LogP contribution is 2.22. The number of rotatable bonds is 2. The Morgan fingerprint density at radius 2 is 2.25 bits per heavy atom. The maximum atomic E-state index is 10.7. The second-order valence-corrected chi connectivity index (χ2v) is 3.25. The molecule has 0 saturated heterocycles. The predicted molar refractivity (Wildman–Crippen MR) is 41.9 cm³/mol. The lowest BCUT2D eigenvalue weighted by molar-refractivity contribution is -0.142. The van der Waals surface area contributed by atoms with Gasteiger partial charge in [0.25, 0.3) is 0 Å². The second-order valence-electron chi connectivity index (χ2n) is 3.25. The van der Waals surface area contributed by atoms with Crippen LogP contribution in [0.1, 0.15) is 25.3 Å². The van der Waals surface area contributed by atoms with Crippen molar-refractivity contribution in [2.45, 2.75) is 26.2 Å². The van der Waals surface area contributed by atoms with E-state index < -0.39 is 11.4 Å². The van der Waals surface area contributed by atoms with Crippen LogP contribution in [0.25, 0.3) is 0 Å². The first kappa shape index (κ1) is 8.77. The van der Waals surface area contributed by atoms with Crippen LogP contribution in [0.3, 0.4) is 0 Å². The number of nitrogens with zero attached hydrogens (tertiary/aromatic N) is 1. The number of aromatic nitrogens is 1. The van der Waals surface area contributed by atoms with Gasteiger partial charge in [-0.1, -0.05) is 5.16 Å². The van der Waals surface area contributed by atoms with E-state index in [9.17, 15) is 4.79 Å². The van der Waals surface area contributed by atoms with Gasteiger partial charge in [0.1, 0.15) is 16.9 Å². The van der Waals surface area contributed by atoms with Gasteiger partial charge < -0.3 is 9.63 Å². The van der Waals surface area contributed by atoms with Crippen molar-refractivity contribution in [2.75, 3.05) is 0 Å². The summed E-state index contributed by atoms with van der Waals surface area (Å²) in [5, 5.41) is 12.5. The van der Waals surface area contributed by atoms with Crippen molar-refractivity contribution >= 4 is 5.97 Å². The highest BCUT2D eigenvalue weighted by Gasteiger charge is 2.32. The topological polar surface area (TPSA) is 63.3 Å². The molecule has 4 nitrogen and oxygen atoms in total. The summed E-state index contributed by atoms with van der Waals surface area (Å²) in [5.41, 5.74) is -0.523. The third-order valence-corrected chi connectivity index (χ3v) is 1.80. The van der Waals surface area contributed by atoms with Crippen LogP contribution >= 0.6 is 0 Å². The molecule has 12 heavy (non-hydrogen) atoms. The highest BCUT2D eigenvalue weighted by atomic mass is 16.5. The van der Waals surface area contributed by atoms with E-state index in [0.29, 0.717) is 11.5 Å². The Morgan fingerprint density at radius 1 is 1.67 bits per heavy atom. The minimum atomic E-state index is -0.974. The Morgan fingerprint density at radius 3 is 2.58 bits per heavy atom. The molecule has 1 rings (SSSR count). The summed E-state index contributed by atoms with van der Waals surface area (Å²) in [6.45, 7) is 4.91. The number of hydrogen-bond acceptors (Lipinski definition) is 3. The Bertz CT molecular complexity index is 301. The second kappa shape index (κ2) is 2.62. The summed E-state index contributed by atoms with van der Waals surface area (Å²) in [7, 11) is 0. The number of aryl methyl sites for hydroxylation is 1. The lowest BCUT2D eigenvalue weighted by atomic mass is 9.89. The van der Waals surface area contributed by atoms with E-state index in [1.165, 1.54) is 0 Å². The minimum absolute atomic E-state index is 0.451. The van der Waals surface area contributed by atoms with E-state index in [0.717, 1.165) is 0 Å². The molecule has 1 N–H and O–H groups in total. The quantitative estimate of drug-likeness (QED) is 0.725. The van der Waals surface area contributed by atoms with Crippen molar-refractivity contribution in [3.05, 3.63) is 17.5 Å². The lowest BCUT2D eigenvalue weighted by Crippen LogP contribution is -2.28. The molecular formula is C8H11NO3. The third-order valence-electron chi connectivity index (χ3n) is 1.80. The van der Waals surface area contributed by atoms with Crippen molar-refractivity contribution in [3.63, 3.8) is 0 Å². The molecule has 1 aromatic rings. The monoisotopic (exact) mass is 169 g/mol. The van der Waals surface area contributed by atoms with Gasteiger partial charge in [-0.25, -0.2) is 0 Å². The first-order valence-corrected chi connectivity index (χ1v) is 3.62. The van der Waals surface area contributed by atoms with Crippen LogP contribution in [0.4, 0.5) is 0 Å². The Balaban J connectivity index is 3.05. The van der Waals surface area contributed by atoms with Crippen LogP contribution in [-0.4, -0.2) is 16.2 Å². The molecule has 66 valence electrons. The molecule has 0 spiro atoms. The van der Waals surface area contributed by atoms with Crippen molar-refractivity contribution in [1.82, 2.24) is 5.16 Å². The van der Waals surface area contributed by atoms with Gasteiger partial charge in [0.05, 0.1) is 0 Å². The van der Waals surface area contributed by atoms with Gasteiger partial charge in [-0.15, -0.1) is 0 Å². The largest absolute Gasteiger partial charge is 0.481 e. The third kappa shape index (κ3) is 1.32. The highest BCUT2D eigenvalue weighted by molar-refractivity contribution is 5.79. The van der Waals surface area contributed by atoms with Crippen molar-refractivity contribution < 1.29 is 14.4 Å². The Hall–Kier alpha value is -1.32. The zero-order chi connectivity index (χ0) is 9.35. The molecule has 0 aromatic carbocycles. The van der Waals surface area contributed by atoms with Gasteiger partial charge >= 0.3 is 5.97 Å². The van der Waals surface area contributed by atoms with Crippen LogP contribution in [0.2, 0.25) is 0 Å². The van der Waals surface area contributed by atoms with E-state index in [-0.39, 0.29) is 0 Å². The summed E-state index contributed by atoms with van der Waals surface area (Å²) < 4.78 is 4.79. The van der Waals surface area contributed by atoms with Gasteiger partial charge in [-0.2, -0.15) is 0 Å². The summed E-state index contributed by atoms with van der Waals surface area (Å²) in [5.74, 6) is -0.282. The van der Waals surface area contributed by atoms with E-state index in [4.69, 9.17) is 9.63 Å². The fourth-order valence-corrected chi connectivity index (χ4v) is 0.770. The minimum Gasteiger partial charge on any atom is -0.481 e. The van der Waals surface area contributed by atoms with Crippen LogP contribution in [0.5, 0.6) is 0 Å². The first-order valence-electron chi connectivity index (χ1n) is 3.62. The number of carboxylic acids is 1. The molecule has 0 aliphatic carbocycles. The summed E-state index contributed by atoms with van der Waals surface area (Å²) >= 11 is 0. The summed E-state index contributed by atoms with van der Waals surface area (Å²) in [6, 6.07) is 1.63. The predicted octanol–water partition coefficient (Wildman–Crippen LogP) is 1.35. The lowest BCUT2D eigenvalue weighted by Gasteiger charge is -2.14. The zero-order valence-electron chi connectivity index (χ0n) is 7.29. The molecule has 0 radical (unpaired) electrons. The number of aliphatic carboxylic acids is 1. The van der Waals surface area contributed by atoms with E-state index in [1.54, 1.807) is 26.8 Å². The molecule has 0 aliphatic heterocycles. The van der Waals surface area contributed by atoms with E-state index in [1.807, 2.05) is 0 Å². The molecule has 0 aliphatic rings. The smallest absolute Gasteiger partial charge is 0.315 e. The van der Waals surface area contributed by atoms with Crippen LogP contribution in [-0.2, 0) is 10.2 Å². The number of carboxylic acid groups (broad SMARTS) is 1. The Kier molecular flexibility index (Phi) is 1.92. The van der Waals surface area contributed by atoms with Gasteiger partial charge in [0, 0.05) is 6.07 Å². The van der Waals surface area contributed by atoms with Crippen LogP contribution in [0.15, 0.2) is 10.6 Å². The number of carbonyl (C=O) groups is 1. The molecule has 1 aromatic heterocycles. The SMILES string of the molecule is Cc1cc(C(C)(C)C(=O)O)no1. The molecule has 0 bridgehead atoms. The molecular weight excluding hydrogens is 158 g/mol. The average molecular weight is 169 g/mol. The molecule has 0 unspecified atom stereocenters. The molecule has 0 fully saturated rings. The summed E-state index contributed by atoms with van der Waals surface area (Å²) in [6.07, 6.45) is 0. The maximum absolute atomic E-state index is 10.7. The molecule has 0 atom stereocenters. The standard InChI is InChI=1S/C8H11NO3/c1-5-4-6(9-12-5)8(2,3)7(10)11/h4H,1-3H3,(H,10,11).